The van der Waals surface area contributed by atoms with Gasteiger partial charge in [0.1, 0.15) is 17.6 Å². The number of rotatable bonds is 11. The highest BCUT2D eigenvalue weighted by atomic mass is 16.5. The van der Waals surface area contributed by atoms with Crippen molar-refractivity contribution >= 4 is 17.7 Å². The number of nitrogens with one attached hydrogen (secondary N) is 3. The van der Waals surface area contributed by atoms with Crippen molar-refractivity contribution < 1.29 is 23.5 Å². The van der Waals surface area contributed by atoms with Crippen molar-refractivity contribution in [3.8, 4) is 5.75 Å². The van der Waals surface area contributed by atoms with Crippen LogP contribution in [0.4, 0.5) is 0 Å². The van der Waals surface area contributed by atoms with E-state index in [1.807, 2.05) is 0 Å². The van der Waals surface area contributed by atoms with Crippen molar-refractivity contribution in [2.24, 2.45) is 0 Å². The Balaban J connectivity index is 1.70. The second kappa shape index (κ2) is 11.5. The van der Waals surface area contributed by atoms with Gasteiger partial charge in [0.25, 0.3) is 5.91 Å². The third kappa shape index (κ3) is 7.69. The Morgan fingerprint density at radius 3 is 2.52 bits per heavy atom. The number of unbranched alkanes of at least 4 members (excludes halogenated alkanes) is 1. The van der Waals surface area contributed by atoms with Gasteiger partial charge < -0.3 is 25.1 Å². The fourth-order valence-electron chi connectivity index (χ4n) is 2.40. The zero-order valence-corrected chi connectivity index (χ0v) is 16.7. The minimum absolute atomic E-state index is 0.233. The third-order valence-corrected chi connectivity index (χ3v) is 4.08. The first-order valence-corrected chi connectivity index (χ1v) is 9.60. The lowest BCUT2D eigenvalue weighted by Gasteiger charge is -2.14. The summed E-state index contributed by atoms with van der Waals surface area (Å²) in [5.74, 6) is 0.126. The van der Waals surface area contributed by atoms with Crippen LogP contribution in [0.1, 0.15) is 42.8 Å². The van der Waals surface area contributed by atoms with Crippen molar-refractivity contribution in [1.82, 2.24) is 16.0 Å². The summed E-state index contributed by atoms with van der Waals surface area (Å²) in [4.78, 5) is 36.1. The summed E-state index contributed by atoms with van der Waals surface area (Å²) in [5, 5.41) is 7.73. The smallest absolute Gasteiger partial charge is 0.251 e. The van der Waals surface area contributed by atoms with Crippen LogP contribution in [0.5, 0.6) is 5.75 Å². The fourth-order valence-corrected chi connectivity index (χ4v) is 2.40. The quantitative estimate of drug-likeness (QED) is 0.499. The highest BCUT2D eigenvalue weighted by molar-refractivity contribution is 5.97. The van der Waals surface area contributed by atoms with E-state index in [0.717, 1.165) is 12.8 Å². The Hall–Kier alpha value is -3.29. The average Bonchev–Trinajstić information content (AvgIpc) is 3.24. The number of benzene rings is 1. The molecule has 8 nitrogen and oxygen atoms in total. The molecule has 1 heterocycles. The van der Waals surface area contributed by atoms with Crippen molar-refractivity contribution in [2.75, 3.05) is 13.2 Å². The van der Waals surface area contributed by atoms with Crippen molar-refractivity contribution in [3.05, 3.63) is 54.0 Å². The largest absolute Gasteiger partial charge is 0.494 e. The maximum absolute atomic E-state index is 12.2. The number of ether oxygens (including phenoxy) is 1. The highest BCUT2D eigenvalue weighted by Gasteiger charge is 2.16. The molecule has 0 saturated heterocycles. The van der Waals surface area contributed by atoms with Gasteiger partial charge in [-0.05, 0) is 49.7 Å². The first-order valence-electron chi connectivity index (χ1n) is 9.60. The molecule has 29 heavy (non-hydrogen) atoms. The summed E-state index contributed by atoms with van der Waals surface area (Å²) in [5.41, 5.74) is 0.421. The topological polar surface area (TPSA) is 110 Å². The molecular formula is C21H27N3O5. The number of carbonyl (C=O) groups is 3. The van der Waals surface area contributed by atoms with Gasteiger partial charge in [0.05, 0.1) is 26.0 Å². The second-order valence-electron chi connectivity index (χ2n) is 6.50. The lowest BCUT2D eigenvalue weighted by molar-refractivity contribution is -0.128. The predicted octanol–water partition coefficient (Wildman–Crippen LogP) is 2.01. The summed E-state index contributed by atoms with van der Waals surface area (Å²) in [7, 11) is 0. The van der Waals surface area contributed by atoms with Gasteiger partial charge in [-0.25, -0.2) is 0 Å². The molecule has 0 aliphatic carbocycles. The monoisotopic (exact) mass is 401 g/mol. The summed E-state index contributed by atoms with van der Waals surface area (Å²) in [6, 6.07) is 9.43. The first-order chi connectivity index (χ1) is 14.0. The van der Waals surface area contributed by atoms with Crippen LogP contribution in [0.2, 0.25) is 0 Å². The summed E-state index contributed by atoms with van der Waals surface area (Å²) in [6.45, 7) is 4.29. The van der Waals surface area contributed by atoms with Crippen LogP contribution in [0.15, 0.2) is 47.1 Å². The van der Waals surface area contributed by atoms with E-state index in [-0.39, 0.29) is 24.9 Å². The zero-order valence-electron chi connectivity index (χ0n) is 16.7. The van der Waals surface area contributed by atoms with Crippen LogP contribution < -0.4 is 20.7 Å². The van der Waals surface area contributed by atoms with Crippen LogP contribution in [0, 0.1) is 0 Å². The number of hydrogen-bond acceptors (Lipinski definition) is 5. The van der Waals surface area contributed by atoms with Gasteiger partial charge in [0.2, 0.25) is 11.8 Å². The van der Waals surface area contributed by atoms with Gasteiger partial charge in [-0.15, -0.1) is 0 Å². The molecule has 1 aromatic carbocycles. The highest BCUT2D eigenvalue weighted by Crippen LogP contribution is 2.12. The molecule has 1 unspecified atom stereocenters. The summed E-state index contributed by atoms with van der Waals surface area (Å²) < 4.78 is 10.7. The van der Waals surface area contributed by atoms with Crippen LogP contribution in [-0.2, 0) is 16.1 Å². The van der Waals surface area contributed by atoms with E-state index < -0.39 is 11.9 Å². The molecule has 2 rings (SSSR count). The molecule has 3 amide bonds. The average molecular weight is 401 g/mol. The Labute approximate surface area is 170 Å². The van der Waals surface area contributed by atoms with Crippen molar-refractivity contribution in [3.63, 3.8) is 0 Å². The van der Waals surface area contributed by atoms with E-state index in [1.54, 1.807) is 43.3 Å². The lowest BCUT2D eigenvalue weighted by atomic mass is 10.2. The van der Waals surface area contributed by atoms with E-state index in [4.69, 9.17) is 9.15 Å². The van der Waals surface area contributed by atoms with Crippen LogP contribution in [0.3, 0.4) is 0 Å². The van der Waals surface area contributed by atoms with Gasteiger partial charge in [0.15, 0.2) is 0 Å². The van der Waals surface area contributed by atoms with Crippen molar-refractivity contribution in [2.45, 2.75) is 39.3 Å². The summed E-state index contributed by atoms with van der Waals surface area (Å²) in [6.07, 6.45) is 3.53. The molecular weight excluding hydrogens is 374 g/mol. The maximum Gasteiger partial charge on any atom is 0.251 e. The molecule has 3 N–H and O–H groups in total. The first kappa shape index (κ1) is 22.0. The normalized spacial score (nSPS) is 11.4. The SMILES string of the molecule is CCCCOc1ccc(C(=O)NCC(=O)NC(C)C(=O)NCc2ccco2)cc1. The Bertz CT molecular complexity index is 787. The minimum Gasteiger partial charge on any atom is -0.494 e. The van der Waals surface area contributed by atoms with E-state index in [2.05, 4.69) is 22.9 Å². The molecule has 1 aromatic heterocycles. The number of hydrogen-bond donors (Lipinski definition) is 3. The molecule has 0 bridgehead atoms. The van der Waals surface area contributed by atoms with Crippen LogP contribution >= 0.6 is 0 Å². The molecule has 0 aliphatic rings. The molecule has 156 valence electrons. The number of carbonyl (C=O) groups excluding carboxylic acids is 3. The van der Waals surface area contributed by atoms with E-state index in [9.17, 15) is 14.4 Å². The Morgan fingerprint density at radius 1 is 1.10 bits per heavy atom. The molecule has 0 fully saturated rings. The van der Waals surface area contributed by atoms with Gasteiger partial charge in [0, 0.05) is 5.56 Å². The third-order valence-electron chi connectivity index (χ3n) is 4.08. The predicted molar refractivity (Wildman–Crippen MR) is 107 cm³/mol. The fraction of sp³-hybridized carbons (Fsp3) is 0.381. The second-order valence-corrected chi connectivity index (χ2v) is 6.50. The number of amides is 3. The Kier molecular flexibility index (Phi) is 8.75. The molecule has 0 radical (unpaired) electrons. The standard InChI is InChI=1S/C21H27N3O5/c1-3-4-11-28-17-9-7-16(8-10-17)21(27)23-14-19(25)24-15(2)20(26)22-13-18-6-5-12-29-18/h5-10,12,15H,3-4,11,13-14H2,1-2H3,(H,22,26)(H,23,27)(H,24,25). The lowest BCUT2D eigenvalue weighted by Crippen LogP contribution is -2.47. The molecule has 0 saturated carbocycles. The molecule has 8 heteroatoms. The van der Waals surface area contributed by atoms with Gasteiger partial charge >= 0.3 is 0 Å². The van der Waals surface area contributed by atoms with Gasteiger partial charge in [-0.2, -0.15) is 0 Å². The van der Waals surface area contributed by atoms with Gasteiger partial charge in [-0.1, -0.05) is 13.3 Å². The minimum atomic E-state index is -0.742. The van der Waals surface area contributed by atoms with E-state index >= 15 is 0 Å². The maximum atomic E-state index is 12.2. The molecule has 0 spiro atoms. The Morgan fingerprint density at radius 2 is 1.86 bits per heavy atom. The van der Waals surface area contributed by atoms with Crippen LogP contribution in [0.25, 0.3) is 0 Å². The van der Waals surface area contributed by atoms with Gasteiger partial charge in [-0.3, -0.25) is 14.4 Å². The van der Waals surface area contributed by atoms with E-state index in [0.29, 0.717) is 23.7 Å². The number of furan rings is 1. The molecule has 1 atom stereocenters. The van der Waals surface area contributed by atoms with E-state index in [1.165, 1.54) is 6.26 Å². The summed E-state index contributed by atoms with van der Waals surface area (Å²) >= 11 is 0. The molecule has 2 aromatic rings. The zero-order chi connectivity index (χ0) is 21.1. The molecule has 0 aliphatic heterocycles. The van der Waals surface area contributed by atoms with Crippen molar-refractivity contribution in [1.29, 1.82) is 0 Å². The van der Waals surface area contributed by atoms with Crippen LogP contribution in [-0.4, -0.2) is 36.9 Å².